The Morgan fingerprint density at radius 3 is 2.58 bits per heavy atom. The third-order valence-electron chi connectivity index (χ3n) is 7.78. The summed E-state index contributed by atoms with van der Waals surface area (Å²) in [6.45, 7) is 6.66. The fourth-order valence-electron chi connectivity index (χ4n) is 6.02. The highest BCUT2D eigenvalue weighted by Crippen LogP contribution is 2.54. The summed E-state index contributed by atoms with van der Waals surface area (Å²) in [4.78, 5) is 22.2. The summed E-state index contributed by atoms with van der Waals surface area (Å²) in [6, 6.07) is 12.9. The first-order chi connectivity index (χ1) is 17.1. The SMILES string of the molecule is CC(C)(C)C(=O)OCOc1ccc2c(c1)[C@@]13CCCC[C@H]1[C@@H](C2)NCC3.O=C(O)c1ccccc1O. The molecule has 3 atom stereocenters. The van der Waals surface area contributed by atoms with Gasteiger partial charge in [-0.25, -0.2) is 4.79 Å². The van der Waals surface area contributed by atoms with Crippen molar-refractivity contribution in [3.05, 3.63) is 59.2 Å². The maximum atomic E-state index is 11.9. The molecule has 1 aliphatic heterocycles. The number of fused-ring (bicyclic) bond motifs is 1. The third-order valence-corrected chi connectivity index (χ3v) is 7.78. The van der Waals surface area contributed by atoms with Gasteiger partial charge in [0, 0.05) is 11.5 Å². The normalized spacial score (nSPS) is 24.3. The van der Waals surface area contributed by atoms with Gasteiger partial charge in [-0.1, -0.05) is 31.0 Å². The summed E-state index contributed by atoms with van der Waals surface area (Å²) < 4.78 is 11.1. The van der Waals surface area contributed by atoms with Crippen LogP contribution in [0.25, 0.3) is 0 Å². The highest BCUT2D eigenvalue weighted by atomic mass is 16.7. The van der Waals surface area contributed by atoms with E-state index < -0.39 is 11.4 Å². The van der Waals surface area contributed by atoms with Crippen LogP contribution in [0.15, 0.2) is 42.5 Å². The minimum absolute atomic E-state index is 0.0184. The Bertz CT molecular complexity index is 1100. The molecule has 0 spiro atoms. The quantitative estimate of drug-likeness (QED) is 0.403. The molecule has 0 aromatic heterocycles. The second-order valence-corrected chi connectivity index (χ2v) is 11.1. The lowest BCUT2D eigenvalue weighted by molar-refractivity contribution is -0.159. The van der Waals surface area contributed by atoms with Crippen molar-refractivity contribution in [2.45, 2.75) is 70.8 Å². The predicted octanol–water partition coefficient (Wildman–Crippen LogP) is 5.05. The predicted molar refractivity (Wildman–Crippen MR) is 136 cm³/mol. The highest BCUT2D eigenvalue weighted by Gasteiger charge is 2.51. The minimum Gasteiger partial charge on any atom is -0.507 e. The molecular formula is C29H37NO6. The van der Waals surface area contributed by atoms with Crippen molar-refractivity contribution in [3.8, 4) is 11.5 Å². The largest absolute Gasteiger partial charge is 0.507 e. The van der Waals surface area contributed by atoms with Crippen LogP contribution in [0, 0.1) is 11.3 Å². The molecule has 2 fully saturated rings. The first-order valence-corrected chi connectivity index (χ1v) is 12.8. The fraction of sp³-hybridized carbons (Fsp3) is 0.517. The Balaban J connectivity index is 0.000000256. The van der Waals surface area contributed by atoms with E-state index in [-0.39, 0.29) is 24.1 Å². The van der Waals surface area contributed by atoms with Gasteiger partial charge in [0.1, 0.15) is 17.1 Å². The van der Waals surface area contributed by atoms with Gasteiger partial charge in [0.25, 0.3) is 0 Å². The van der Waals surface area contributed by atoms with Crippen LogP contribution < -0.4 is 10.1 Å². The van der Waals surface area contributed by atoms with Gasteiger partial charge in [-0.05, 0) is 94.3 Å². The Kier molecular flexibility index (Phi) is 7.59. The van der Waals surface area contributed by atoms with E-state index in [9.17, 15) is 9.59 Å². The smallest absolute Gasteiger partial charge is 0.339 e. The van der Waals surface area contributed by atoms with Gasteiger partial charge in [0.2, 0.25) is 6.79 Å². The molecule has 0 amide bonds. The molecule has 1 heterocycles. The van der Waals surface area contributed by atoms with Crippen LogP contribution >= 0.6 is 0 Å². The van der Waals surface area contributed by atoms with Crippen LogP contribution in [-0.4, -0.2) is 41.5 Å². The number of aromatic hydroxyl groups is 1. The van der Waals surface area contributed by atoms with Gasteiger partial charge in [-0.15, -0.1) is 0 Å². The number of nitrogens with one attached hydrogen (secondary N) is 1. The number of hydrogen-bond donors (Lipinski definition) is 3. The number of rotatable bonds is 4. The van der Waals surface area contributed by atoms with Gasteiger partial charge in [0.15, 0.2) is 0 Å². The van der Waals surface area contributed by atoms with E-state index >= 15 is 0 Å². The molecule has 7 nitrogen and oxygen atoms in total. The maximum Gasteiger partial charge on any atom is 0.339 e. The van der Waals surface area contributed by atoms with E-state index in [1.165, 1.54) is 55.4 Å². The summed E-state index contributed by atoms with van der Waals surface area (Å²) in [7, 11) is 0. The van der Waals surface area contributed by atoms with Gasteiger partial charge in [0.05, 0.1) is 5.41 Å². The first-order valence-electron chi connectivity index (χ1n) is 12.8. The number of esters is 1. The van der Waals surface area contributed by atoms with Crippen molar-refractivity contribution in [1.29, 1.82) is 0 Å². The van der Waals surface area contributed by atoms with Crippen LogP contribution in [0.5, 0.6) is 11.5 Å². The summed E-state index contributed by atoms with van der Waals surface area (Å²) in [5.41, 5.74) is 2.72. The Hall–Kier alpha value is -3.06. The summed E-state index contributed by atoms with van der Waals surface area (Å²) in [5.74, 6) is 0.0308. The summed E-state index contributed by atoms with van der Waals surface area (Å²) in [5, 5.41) is 21.1. The number of carboxylic acids is 1. The third kappa shape index (κ3) is 5.36. The van der Waals surface area contributed by atoms with Gasteiger partial charge >= 0.3 is 11.9 Å². The molecule has 2 aromatic carbocycles. The van der Waals surface area contributed by atoms with E-state index in [4.69, 9.17) is 19.7 Å². The van der Waals surface area contributed by atoms with Gasteiger partial charge in [-0.2, -0.15) is 0 Å². The lowest BCUT2D eigenvalue weighted by atomic mass is 9.53. The molecule has 3 N–H and O–H groups in total. The zero-order chi connectivity index (χ0) is 25.9. The number of phenols is 1. The van der Waals surface area contributed by atoms with E-state index in [1.54, 1.807) is 12.1 Å². The molecule has 0 unspecified atom stereocenters. The average molecular weight is 496 g/mol. The highest BCUT2D eigenvalue weighted by molar-refractivity contribution is 5.90. The molecule has 36 heavy (non-hydrogen) atoms. The van der Waals surface area contributed by atoms with Gasteiger partial charge in [-0.3, -0.25) is 4.79 Å². The lowest BCUT2D eigenvalue weighted by Gasteiger charge is -2.56. The van der Waals surface area contributed by atoms with E-state index in [0.717, 1.165) is 24.6 Å². The van der Waals surface area contributed by atoms with Crippen LogP contribution in [0.3, 0.4) is 0 Å². The van der Waals surface area contributed by atoms with Crippen molar-refractivity contribution < 1.29 is 29.3 Å². The number of carbonyl (C=O) groups is 2. The van der Waals surface area contributed by atoms with Crippen molar-refractivity contribution in [2.75, 3.05) is 13.3 Å². The van der Waals surface area contributed by atoms with Crippen molar-refractivity contribution in [1.82, 2.24) is 5.32 Å². The van der Waals surface area contributed by atoms with Crippen molar-refractivity contribution in [3.63, 3.8) is 0 Å². The van der Waals surface area contributed by atoms with Gasteiger partial charge < -0.3 is 25.0 Å². The molecule has 7 heteroatoms. The zero-order valence-corrected chi connectivity index (χ0v) is 21.4. The molecule has 1 saturated heterocycles. The monoisotopic (exact) mass is 495 g/mol. The van der Waals surface area contributed by atoms with Crippen LogP contribution in [0.2, 0.25) is 0 Å². The molecule has 2 aromatic rings. The maximum absolute atomic E-state index is 11.9. The van der Waals surface area contributed by atoms with Crippen molar-refractivity contribution in [2.24, 2.45) is 11.3 Å². The molecule has 2 aliphatic carbocycles. The number of para-hydroxylation sites is 1. The number of ether oxygens (including phenoxy) is 2. The lowest BCUT2D eigenvalue weighted by Crippen LogP contribution is -2.59. The Morgan fingerprint density at radius 2 is 1.89 bits per heavy atom. The van der Waals surface area contributed by atoms with Crippen LogP contribution in [-0.2, 0) is 21.4 Å². The number of hydrogen-bond acceptors (Lipinski definition) is 6. The fourth-order valence-corrected chi connectivity index (χ4v) is 6.02. The molecule has 2 bridgehead atoms. The molecule has 1 saturated carbocycles. The van der Waals surface area contributed by atoms with Crippen LogP contribution in [0.4, 0.5) is 0 Å². The number of carboxylic acid groups (broad SMARTS) is 1. The zero-order valence-electron chi connectivity index (χ0n) is 21.4. The Labute approximate surface area is 212 Å². The second kappa shape index (κ2) is 10.5. The molecule has 5 rings (SSSR count). The summed E-state index contributed by atoms with van der Waals surface area (Å²) >= 11 is 0. The number of piperidine rings is 1. The number of benzene rings is 2. The topological polar surface area (TPSA) is 105 Å². The van der Waals surface area contributed by atoms with Crippen molar-refractivity contribution >= 4 is 11.9 Å². The van der Waals surface area contributed by atoms with Crippen LogP contribution in [0.1, 0.15) is 74.4 Å². The number of carbonyl (C=O) groups excluding carboxylic acids is 1. The number of aromatic carboxylic acids is 1. The van der Waals surface area contributed by atoms with E-state index in [0.29, 0.717) is 11.5 Å². The average Bonchev–Trinajstić information content (AvgIpc) is 2.84. The van der Waals surface area contributed by atoms with E-state index in [1.807, 2.05) is 26.8 Å². The van der Waals surface area contributed by atoms with E-state index in [2.05, 4.69) is 17.4 Å². The Morgan fingerprint density at radius 1 is 1.11 bits per heavy atom. The first kappa shape index (κ1) is 26.0. The molecule has 0 radical (unpaired) electrons. The minimum atomic E-state index is -1.11. The molecule has 194 valence electrons. The summed E-state index contributed by atoms with van der Waals surface area (Å²) in [6.07, 6.45) is 7.68. The second-order valence-electron chi connectivity index (χ2n) is 11.1. The molecule has 3 aliphatic rings. The molecular weight excluding hydrogens is 458 g/mol. The standard InChI is InChI=1S/C22H31NO3.C7H6O3/c1-21(2,3)20(24)26-14-25-16-8-7-15-12-19-17-6-4-5-9-22(17,10-11-23-19)18(15)13-16;8-6-4-2-1-3-5(6)7(9)10/h7-8,13,17,19,23H,4-6,9-12,14H2,1-3H3;1-4,8H,(H,9,10)/t17-,19+,22+;/m0./s1.